The van der Waals surface area contributed by atoms with E-state index in [9.17, 15) is 0 Å². The van der Waals surface area contributed by atoms with Gasteiger partial charge >= 0.3 is 0 Å². The van der Waals surface area contributed by atoms with Gasteiger partial charge in [0.05, 0.1) is 11.9 Å². The van der Waals surface area contributed by atoms with Crippen LogP contribution in [0.1, 0.15) is 0 Å². The Morgan fingerprint density at radius 3 is 3.00 bits per heavy atom. The molecule has 2 N–H and O–H groups in total. The Balaban J connectivity index is 2.28. The van der Waals surface area contributed by atoms with Crippen LogP contribution in [-0.4, -0.2) is 19.7 Å². The molecule has 2 aromatic heterocycles. The number of aromatic nitrogens is 4. The van der Waals surface area contributed by atoms with E-state index in [1.54, 1.807) is 18.7 Å². The molecule has 2 aromatic rings. The van der Waals surface area contributed by atoms with E-state index in [0.29, 0.717) is 5.69 Å². The number of anilines is 1. The molecule has 0 fully saturated rings. The van der Waals surface area contributed by atoms with Gasteiger partial charge in [0.25, 0.3) is 0 Å². The molecule has 0 aliphatic heterocycles. The largest absolute Gasteiger partial charge is 0.397 e. The van der Waals surface area contributed by atoms with Gasteiger partial charge in [0.1, 0.15) is 6.33 Å². The van der Waals surface area contributed by atoms with Crippen molar-refractivity contribution in [3.8, 4) is 0 Å². The monoisotopic (exact) mass is 207 g/mol. The predicted molar refractivity (Wildman–Crippen MR) is 53.8 cm³/mol. The van der Waals surface area contributed by atoms with Crippen molar-refractivity contribution in [2.24, 2.45) is 7.05 Å². The predicted octanol–water partition coefficient (Wildman–Crippen LogP) is 0.943. The minimum absolute atomic E-state index is 0.653. The number of aryl methyl sites for hydroxylation is 1. The average molecular weight is 207 g/mol. The third kappa shape index (κ3) is 1.69. The average Bonchev–Trinajstić information content (AvgIpc) is 2.56. The highest BCUT2D eigenvalue weighted by atomic mass is 32.2. The summed E-state index contributed by atoms with van der Waals surface area (Å²) < 4.78 is 1.84. The van der Waals surface area contributed by atoms with Crippen LogP contribution in [0.4, 0.5) is 5.69 Å². The highest BCUT2D eigenvalue weighted by Gasteiger charge is 2.05. The van der Waals surface area contributed by atoms with Gasteiger partial charge < -0.3 is 10.3 Å². The van der Waals surface area contributed by atoms with Gasteiger partial charge in [0.15, 0.2) is 5.16 Å². The Kier molecular flexibility index (Phi) is 2.36. The number of hydrogen-bond donors (Lipinski definition) is 1. The molecule has 2 rings (SSSR count). The third-order valence-corrected chi connectivity index (χ3v) is 2.83. The molecule has 0 spiro atoms. The van der Waals surface area contributed by atoms with E-state index in [1.807, 2.05) is 17.7 Å². The summed E-state index contributed by atoms with van der Waals surface area (Å²) in [5.74, 6) is 0. The van der Waals surface area contributed by atoms with Crippen molar-refractivity contribution in [1.82, 2.24) is 19.7 Å². The first-order valence-electron chi connectivity index (χ1n) is 3.98. The van der Waals surface area contributed by atoms with E-state index < -0.39 is 0 Å². The van der Waals surface area contributed by atoms with Crippen LogP contribution in [0.25, 0.3) is 0 Å². The van der Waals surface area contributed by atoms with Crippen LogP contribution in [0.5, 0.6) is 0 Å². The zero-order chi connectivity index (χ0) is 9.97. The number of pyridine rings is 1. The summed E-state index contributed by atoms with van der Waals surface area (Å²) in [4.78, 5) is 4.86. The van der Waals surface area contributed by atoms with Crippen molar-refractivity contribution in [3.63, 3.8) is 0 Å². The van der Waals surface area contributed by atoms with E-state index >= 15 is 0 Å². The quantitative estimate of drug-likeness (QED) is 0.793. The third-order valence-electron chi connectivity index (χ3n) is 1.68. The molecular weight excluding hydrogens is 198 g/mol. The van der Waals surface area contributed by atoms with Gasteiger partial charge in [-0.15, -0.1) is 10.2 Å². The molecule has 72 valence electrons. The summed E-state index contributed by atoms with van der Waals surface area (Å²) in [7, 11) is 1.89. The van der Waals surface area contributed by atoms with Gasteiger partial charge in [0.2, 0.25) is 0 Å². The lowest BCUT2D eigenvalue weighted by atomic mass is 10.4. The summed E-state index contributed by atoms with van der Waals surface area (Å²) >= 11 is 1.47. The first-order chi connectivity index (χ1) is 6.77. The molecule has 0 aliphatic carbocycles. The number of rotatable bonds is 2. The lowest BCUT2D eigenvalue weighted by Crippen LogP contribution is -1.92. The highest BCUT2D eigenvalue weighted by Crippen LogP contribution is 2.28. The minimum atomic E-state index is 0.653. The molecule has 0 radical (unpaired) electrons. The smallest absolute Gasteiger partial charge is 0.195 e. The highest BCUT2D eigenvalue weighted by molar-refractivity contribution is 7.99. The van der Waals surface area contributed by atoms with Gasteiger partial charge in [-0.2, -0.15) is 0 Å². The first kappa shape index (κ1) is 9.01. The van der Waals surface area contributed by atoms with Gasteiger partial charge in [-0.3, -0.25) is 4.98 Å². The van der Waals surface area contributed by atoms with Crippen LogP contribution in [0, 0.1) is 0 Å². The molecule has 0 amide bonds. The molecule has 0 bridgehead atoms. The van der Waals surface area contributed by atoms with Crippen molar-refractivity contribution in [2.45, 2.75) is 10.1 Å². The second-order valence-electron chi connectivity index (χ2n) is 2.74. The summed E-state index contributed by atoms with van der Waals surface area (Å²) in [6.07, 6.45) is 4.98. The van der Waals surface area contributed by atoms with Crippen LogP contribution >= 0.6 is 11.8 Å². The van der Waals surface area contributed by atoms with Crippen LogP contribution in [0.2, 0.25) is 0 Å². The Labute approximate surface area is 85.4 Å². The van der Waals surface area contributed by atoms with Gasteiger partial charge in [-0.25, -0.2) is 0 Å². The number of hydrogen-bond acceptors (Lipinski definition) is 5. The zero-order valence-electron chi connectivity index (χ0n) is 7.58. The van der Waals surface area contributed by atoms with Crippen LogP contribution in [0.15, 0.2) is 34.8 Å². The molecule has 0 aromatic carbocycles. The molecule has 2 heterocycles. The normalized spacial score (nSPS) is 10.4. The van der Waals surface area contributed by atoms with E-state index in [4.69, 9.17) is 5.73 Å². The van der Waals surface area contributed by atoms with Gasteiger partial charge in [-0.05, 0) is 17.8 Å². The second-order valence-corrected chi connectivity index (χ2v) is 3.75. The number of nitrogen functional groups attached to an aromatic ring is 1. The van der Waals surface area contributed by atoms with Crippen LogP contribution in [0.3, 0.4) is 0 Å². The van der Waals surface area contributed by atoms with E-state index in [-0.39, 0.29) is 0 Å². The maximum absolute atomic E-state index is 5.75. The fourth-order valence-corrected chi connectivity index (χ4v) is 1.73. The Hall–Kier alpha value is -1.56. The SMILES string of the molecule is Cn1cnnc1Sc1ccncc1N. The first-order valence-corrected chi connectivity index (χ1v) is 4.80. The maximum Gasteiger partial charge on any atom is 0.195 e. The maximum atomic E-state index is 5.75. The Morgan fingerprint density at radius 1 is 1.50 bits per heavy atom. The topological polar surface area (TPSA) is 69.6 Å². The minimum Gasteiger partial charge on any atom is -0.397 e. The van der Waals surface area contributed by atoms with Crippen LogP contribution in [-0.2, 0) is 7.05 Å². The standard InChI is InChI=1S/C8H9N5S/c1-13-5-11-12-8(13)14-7-2-3-10-4-6(7)9/h2-5H,9H2,1H3. The van der Waals surface area contributed by atoms with Crippen molar-refractivity contribution >= 4 is 17.4 Å². The van der Waals surface area contributed by atoms with Gasteiger partial charge in [-0.1, -0.05) is 0 Å². The lowest BCUT2D eigenvalue weighted by molar-refractivity contribution is 0.788. The molecule has 0 atom stereocenters. The van der Waals surface area contributed by atoms with Crippen LogP contribution < -0.4 is 5.73 Å². The molecule has 0 aliphatic rings. The Bertz CT molecular complexity index is 439. The molecule has 0 unspecified atom stereocenters. The van der Waals surface area contributed by atoms with Crippen molar-refractivity contribution in [2.75, 3.05) is 5.73 Å². The van der Waals surface area contributed by atoms with E-state index in [1.165, 1.54) is 11.8 Å². The van der Waals surface area contributed by atoms with Crippen molar-refractivity contribution in [3.05, 3.63) is 24.8 Å². The fraction of sp³-hybridized carbons (Fsp3) is 0.125. The molecule has 0 saturated heterocycles. The molecule has 0 saturated carbocycles. The molecule has 6 heteroatoms. The lowest BCUT2D eigenvalue weighted by Gasteiger charge is -2.02. The molecule has 14 heavy (non-hydrogen) atoms. The molecule has 5 nitrogen and oxygen atoms in total. The summed E-state index contributed by atoms with van der Waals surface area (Å²) in [5, 5.41) is 8.54. The zero-order valence-corrected chi connectivity index (χ0v) is 8.40. The summed E-state index contributed by atoms with van der Waals surface area (Å²) in [6, 6.07) is 1.86. The Morgan fingerprint density at radius 2 is 2.36 bits per heavy atom. The van der Waals surface area contributed by atoms with Gasteiger partial charge in [0, 0.05) is 18.1 Å². The number of nitrogens with two attached hydrogens (primary N) is 1. The second kappa shape index (κ2) is 3.67. The summed E-state index contributed by atoms with van der Waals surface area (Å²) in [6.45, 7) is 0. The van der Waals surface area contributed by atoms with Crippen molar-refractivity contribution in [1.29, 1.82) is 0 Å². The fourth-order valence-electron chi connectivity index (χ4n) is 0.950. The molecular formula is C8H9N5S. The van der Waals surface area contributed by atoms with E-state index in [2.05, 4.69) is 15.2 Å². The number of nitrogens with zero attached hydrogens (tertiary/aromatic N) is 4. The van der Waals surface area contributed by atoms with Crippen molar-refractivity contribution < 1.29 is 0 Å². The summed E-state index contributed by atoms with van der Waals surface area (Å²) in [5.41, 5.74) is 6.40. The van der Waals surface area contributed by atoms with E-state index in [0.717, 1.165) is 10.1 Å².